The Morgan fingerprint density at radius 2 is 1.87 bits per heavy atom. The second-order valence-electron chi connectivity index (χ2n) is 12.4. The second kappa shape index (κ2) is 10.9. The fourth-order valence-corrected chi connectivity index (χ4v) is 10.3. The number of methoxy groups -OCH3 is 1. The number of carbonyl (C=O) groups excluding carboxylic acids is 1. The molecule has 0 bridgehead atoms. The molecule has 5 nitrogen and oxygen atoms in total. The van der Waals surface area contributed by atoms with Crippen molar-refractivity contribution in [3.8, 4) is 11.5 Å². The molecule has 5 rings (SSSR count). The molecular formula is C32H42O5Se. The summed E-state index contributed by atoms with van der Waals surface area (Å²) in [7, 11) is 1.64. The zero-order valence-corrected chi connectivity index (χ0v) is 25.2. The van der Waals surface area contributed by atoms with Crippen LogP contribution in [0.5, 0.6) is 11.5 Å². The van der Waals surface area contributed by atoms with Crippen LogP contribution in [0.3, 0.4) is 0 Å². The molecule has 2 aromatic rings. The van der Waals surface area contributed by atoms with Crippen LogP contribution >= 0.6 is 0 Å². The zero-order valence-electron chi connectivity index (χ0n) is 23.5. The molecule has 2 fully saturated rings. The van der Waals surface area contributed by atoms with Gasteiger partial charge in [-0.05, 0) is 0 Å². The molecule has 3 aliphatic rings. The summed E-state index contributed by atoms with van der Waals surface area (Å²) in [6.07, 6.45) is 7.06. The van der Waals surface area contributed by atoms with Gasteiger partial charge in [0, 0.05) is 0 Å². The first-order valence-corrected chi connectivity index (χ1v) is 16.0. The number of hydrogen-bond donors (Lipinski definition) is 0. The molecule has 2 saturated carbocycles. The first kappa shape index (κ1) is 27.6. The third-order valence-corrected chi connectivity index (χ3v) is 12.1. The van der Waals surface area contributed by atoms with Gasteiger partial charge in [-0.3, -0.25) is 0 Å². The molecule has 0 amide bonds. The van der Waals surface area contributed by atoms with Gasteiger partial charge in [0.2, 0.25) is 0 Å². The van der Waals surface area contributed by atoms with Crippen molar-refractivity contribution in [1.29, 1.82) is 0 Å². The molecule has 2 aromatic carbocycles. The monoisotopic (exact) mass is 586 g/mol. The Hall–Kier alpha value is -2.01. The summed E-state index contributed by atoms with van der Waals surface area (Å²) in [5, 5.41) is 1.05. The molecule has 0 aromatic heterocycles. The number of benzene rings is 2. The van der Waals surface area contributed by atoms with Crippen molar-refractivity contribution in [3.63, 3.8) is 0 Å². The van der Waals surface area contributed by atoms with Crippen molar-refractivity contribution in [2.75, 3.05) is 13.9 Å². The first-order valence-electron chi connectivity index (χ1n) is 13.9. The molecule has 6 heteroatoms. The van der Waals surface area contributed by atoms with Gasteiger partial charge in [-0.15, -0.1) is 0 Å². The summed E-state index contributed by atoms with van der Waals surface area (Å²) in [4.78, 5) is 11.5. The quantitative estimate of drug-likeness (QED) is 0.213. The van der Waals surface area contributed by atoms with Gasteiger partial charge >= 0.3 is 235 Å². The van der Waals surface area contributed by atoms with Crippen LogP contribution in [0.2, 0.25) is 5.32 Å². The van der Waals surface area contributed by atoms with Crippen LogP contribution in [0.1, 0.15) is 70.9 Å². The van der Waals surface area contributed by atoms with Crippen LogP contribution in [-0.4, -0.2) is 40.4 Å². The molecule has 2 aliphatic carbocycles. The minimum absolute atomic E-state index is 0.170. The molecule has 0 N–H and O–H groups in total. The van der Waals surface area contributed by atoms with Crippen LogP contribution in [-0.2, 0) is 27.3 Å². The van der Waals surface area contributed by atoms with Gasteiger partial charge in [-0.1, -0.05) is 0 Å². The van der Waals surface area contributed by atoms with E-state index < -0.39 is 0 Å². The van der Waals surface area contributed by atoms with Gasteiger partial charge in [-0.25, -0.2) is 0 Å². The second-order valence-corrected chi connectivity index (χ2v) is 14.6. The summed E-state index contributed by atoms with van der Waals surface area (Å²) in [6, 6.07) is 15.0. The van der Waals surface area contributed by atoms with Crippen molar-refractivity contribution >= 4 is 25.4 Å². The summed E-state index contributed by atoms with van der Waals surface area (Å²) < 4.78 is 25.4. The van der Waals surface area contributed by atoms with E-state index in [1.54, 1.807) is 7.11 Å². The molecular weight excluding hydrogens is 543 g/mol. The summed E-state index contributed by atoms with van der Waals surface area (Å²) in [5.41, 5.74) is 2.35. The van der Waals surface area contributed by atoms with Gasteiger partial charge < -0.3 is 0 Å². The number of ether oxygens (including phenoxy) is 4. The number of carbonyl (C=O) groups is 1. The van der Waals surface area contributed by atoms with Crippen molar-refractivity contribution in [2.45, 2.75) is 83.7 Å². The maximum atomic E-state index is 11.5. The van der Waals surface area contributed by atoms with Gasteiger partial charge in [0.1, 0.15) is 0 Å². The number of rotatable bonds is 8. The van der Waals surface area contributed by atoms with Crippen molar-refractivity contribution in [2.24, 2.45) is 22.7 Å². The molecule has 1 heterocycles. The van der Waals surface area contributed by atoms with E-state index in [2.05, 4.69) is 57.2 Å². The van der Waals surface area contributed by atoms with Crippen LogP contribution in [0.25, 0.3) is 0 Å². The number of fused-ring (bicyclic) bond motifs is 4. The SMILES string of the molecule is COCOc1cc(COC(C)=O)cc2c1C[C@H]1C(C[Se]c3ccccc3)(CC[C@H]3C(C)(C)CCC[C@@]31C)O2. The average molecular weight is 586 g/mol. The maximum absolute atomic E-state index is 11.5. The van der Waals surface area contributed by atoms with Gasteiger partial charge in [0.05, 0.1) is 0 Å². The van der Waals surface area contributed by atoms with E-state index in [4.69, 9.17) is 18.9 Å². The standard InChI is InChI=1S/C32H42O5Se/c1-22(33)35-19-23-16-26(36-21-34-5)25-18-29-31(4)14-9-13-30(2,3)28(31)12-15-32(29,37-27(25)17-23)20-38-24-10-7-6-8-11-24/h6-8,10-11,16-17,28-29H,9,12-15,18-21H2,1-5H3/t28-,29+,31-,32?/m0/s1. The molecule has 0 spiro atoms. The van der Waals surface area contributed by atoms with E-state index in [-0.39, 0.29) is 30.4 Å². The third-order valence-electron chi connectivity index (χ3n) is 9.51. The summed E-state index contributed by atoms with van der Waals surface area (Å²) in [6.45, 7) is 9.35. The van der Waals surface area contributed by atoms with E-state index in [1.807, 2.05) is 6.07 Å². The predicted molar refractivity (Wildman–Crippen MR) is 150 cm³/mol. The van der Waals surface area contributed by atoms with Crippen molar-refractivity contribution in [3.05, 3.63) is 53.6 Å². The molecule has 4 atom stereocenters. The summed E-state index contributed by atoms with van der Waals surface area (Å²) >= 11 is 0.315. The Bertz CT molecular complexity index is 1150. The molecule has 206 valence electrons. The number of esters is 1. The minimum atomic E-state index is -0.295. The fraction of sp³-hybridized carbons (Fsp3) is 0.594. The average Bonchev–Trinajstić information content (AvgIpc) is 2.88. The van der Waals surface area contributed by atoms with Crippen LogP contribution in [0.4, 0.5) is 0 Å². The van der Waals surface area contributed by atoms with E-state index in [1.165, 1.54) is 37.1 Å². The Morgan fingerprint density at radius 1 is 1.08 bits per heavy atom. The Labute approximate surface area is 234 Å². The van der Waals surface area contributed by atoms with Gasteiger partial charge in [0.15, 0.2) is 0 Å². The molecule has 38 heavy (non-hydrogen) atoms. The number of hydrogen-bond acceptors (Lipinski definition) is 5. The molecule has 0 radical (unpaired) electrons. The predicted octanol–water partition coefficient (Wildman–Crippen LogP) is 6.10. The van der Waals surface area contributed by atoms with E-state index in [0.29, 0.717) is 32.2 Å². The third kappa shape index (κ3) is 5.24. The van der Waals surface area contributed by atoms with E-state index in [0.717, 1.165) is 40.8 Å². The van der Waals surface area contributed by atoms with Crippen molar-refractivity contribution < 1.29 is 23.7 Å². The Kier molecular flexibility index (Phi) is 7.88. The van der Waals surface area contributed by atoms with E-state index >= 15 is 0 Å². The topological polar surface area (TPSA) is 54.0 Å². The van der Waals surface area contributed by atoms with E-state index in [9.17, 15) is 4.79 Å². The molecule has 0 saturated heterocycles. The Balaban J connectivity index is 1.57. The van der Waals surface area contributed by atoms with Gasteiger partial charge in [-0.2, -0.15) is 0 Å². The van der Waals surface area contributed by atoms with Crippen LogP contribution < -0.4 is 13.9 Å². The van der Waals surface area contributed by atoms with Crippen molar-refractivity contribution in [1.82, 2.24) is 0 Å². The fourth-order valence-electron chi connectivity index (χ4n) is 7.84. The Morgan fingerprint density at radius 3 is 2.61 bits per heavy atom. The summed E-state index contributed by atoms with van der Waals surface area (Å²) in [5.74, 6) is 2.47. The zero-order chi connectivity index (χ0) is 27.0. The van der Waals surface area contributed by atoms with Crippen LogP contribution in [0, 0.1) is 22.7 Å². The molecule has 1 unspecified atom stereocenters. The normalized spacial score (nSPS) is 29.3. The first-order chi connectivity index (χ1) is 18.2. The molecule has 1 aliphatic heterocycles. The van der Waals surface area contributed by atoms with Gasteiger partial charge in [0.25, 0.3) is 0 Å². The van der Waals surface area contributed by atoms with Crippen LogP contribution in [0.15, 0.2) is 42.5 Å².